The maximum Gasteiger partial charge on any atom is 0.247 e. The highest BCUT2D eigenvalue weighted by Gasteiger charge is 2.34. The highest BCUT2D eigenvalue weighted by Crippen LogP contribution is 2.32. The number of nitrogens with zero attached hydrogens (tertiary/aromatic N) is 1. The summed E-state index contributed by atoms with van der Waals surface area (Å²) in [4.78, 5) is 0.243. The van der Waals surface area contributed by atoms with Crippen LogP contribution < -0.4 is 5.32 Å². The summed E-state index contributed by atoms with van der Waals surface area (Å²) < 4.78 is 32.8. The average Bonchev–Trinajstić information content (AvgIpc) is 3.04. The number of rotatable bonds is 7. The van der Waals surface area contributed by atoms with Gasteiger partial charge < -0.3 is 9.73 Å². The van der Waals surface area contributed by atoms with Crippen LogP contribution in [0.4, 0.5) is 0 Å². The van der Waals surface area contributed by atoms with Crippen LogP contribution in [0.2, 0.25) is 0 Å². The Kier molecular flexibility index (Phi) is 5.88. The molecule has 1 fully saturated rings. The molecule has 1 N–H and O–H groups in total. The molecule has 21 heavy (non-hydrogen) atoms. The quantitative estimate of drug-likeness (QED) is 0.791. The van der Waals surface area contributed by atoms with Gasteiger partial charge in [-0.1, -0.05) is 20.3 Å². The van der Waals surface area contributed by atoms with Gasteiger partial charge in [-0.3, -0.25) is 0 Å². The molecule has 2 rings (SSSR count). The van der Waals surface area contributed by atoms with E-state index in [0.717, 1.165) is 25.8 Å². The molecule has 0 bridgehead atoms. The van der Waals surface area contributed by atoms with Gasteiger partial charge in [-0.25, -0.2) is 8.42 Å². The fourth-order valence-corrected chi connectivity index (χ4v) is 5.20. The van der Waals surface area contributed by atoms with E-state index in [-0.39, 0.29) is 4.90 Å². The molecule has 7 heteroatoms. The third-order valence-electron chi connectivity index (χ3n) is 3.82. The van der Waals surface area contributed by atoms with Crippen LogP contribution in [0.3, 0.4) is 0 Å². The van der Waals surface area contributed by atoms with Crippen molar-refractivity contribution in [3.05, 3.63) is 16.5 Å². The fraction of sp³-hybridized carbons (Fsp3) is 0.714. The smallest absolute Gasteiger partial charge is 0.247 e. The predicted molar refractivity (Wildman–Crippen MR) is 85.6 cm³/mol. The molecule has 120 valence electrons. The standard InChI is InChI=1S/C14H23BrN2O3S/c1-3-5-11-6-7-17(10-11)21(18,19)13-8-12(9-16-4-2)20-14(13)15/h8,11,16H,3-7,9-10H2,1-2H3. The van der Waals surface area contributed by atoms with Gasteiger partial charge in [-0.15, -0.1) is 0 Å². The number of nitrogens with one attached hydrogen (secondary N) is 1. The first kappa shape index (κ1) is 17.0. The van der Waals surface area contributed by atoms with Crippen molar-refractivity contribution >= 4 is 26.0 Å². The Balaban J connectivity index is 2.14. The van der Waals surface area contributed by atoms with Gasteiger partial charge in [0.1, 0.15) is 10.7 Å². The van der Waals surface area contributed by atoms with Crippen LogP contribution in [0.1, 0.15) is 38.9 Å². The Morgan fingerprint density at radius 1 is 1.48 bits per heavy atom. The number of sulfonamides is 1. The SMILES string of the molecule is CCCC1CCN(S(=O)(=O)c2cc(CNCC)oc2Br)C1. The second-order valence-electron chi connectivity index (χ2n) is 5.44. The summed E-state index contributed by atoms with van der Waals surface area (Å²) in [6.45, 7) is 6.70. The summed E-state index contributed by atoms with van der Waals surface area (Å²) in [5.74, 6) is 1.11. The monoisotopic (exact) mass is 378 g/mol. The van der Waals surface area contributed by atoms with E-state index < -0.39 is 10.0 Å². The minimum absolute atomic E-state index is 0.243. The van der Waals surface area contributed by atoms with Crippen LogP contribution >= 0.6 is 15.9 Å². The van der Waals surface area contributed by atoms with Gasteiger partial charge in [0.2, 0.25) is 10.0 Å². The number of halogens is 1. The first-order chi connectivity index (χ1) is 9.98. The molecule has 0 radical (unpaired) electrons. The van der Waals surface area contributed by atoms with Gasteiger partial charge in [0, 0.05) is 19.2 Å². The molecular weight excluding hydrogens is 356 g/mol. The molecule has 0 saturated carbocycles. The predicted octanol–water partition coefficient (Wildman–Crippen LogP) is 2.96. The molecule has 5 nitrogen and oxygen atoms in total. The lowest BCUT2D eigenvalue weighted by atomic mass is 10.0. The molecule has 1 aliphatic heterocycles. The highest BCUT2D eigenvalue weighted by molar-refractivity contribution is 9.10. The van der Waals surface area contributed by atoms with Crippen molar-refractivity contribution in [2.24, 2.45) is 5.92 Å². The number of furan rings is 1. The minimum Gasteiger partial charge on any atom is -0.452 e. The number of hydrogen-bond acceptors (Lipinski definition) is 4. The van der Waals surface area contributed by atoms with Crippen LogP contribution in [0.5, 0.6) is 0 Å². The zero-order valence-electron chi connectivity index (χ0n) is 12.6. The van der Waals surface area contributed by atoms with E-state index in [2.05, 4.69) is 28.2 Å². The van der Waals surface area contributed by atoms with Gasteiger partial charge >= 0.3 is 0 Å². The first-order valence-corrected chi connectivity index (χ1v) is 9.71. The third-order valence-corrected chi connectivity index (χ3v) is 6.54. The second kappa shape index (κ2) is 7.26. The maximum atomic E-state index is 12.7. The zero-order chi connectivity index (χ0) is 15.5. The molecule has 1 saturated heterocycles. The van der Waals surface area contributed by atoms with E-state index >= 15 is 0 Å². The van der Waals surface area contributed by atoms with E-state index in [4.69, 9.17) is 4.42 Å². The van der Waals surface area contributed by atoms with Gasteiger partial charge in [0.15, 0.2) is 4.67 Å². The van der Waals surface area contributed by atoms with Crippen molar-refractivity contribution in [2.45, 2.75) is 44.6 Å². The maximum absolute atomic E-state index is 12.7. The molecule has 1 aromatic heterocycles. The van der Waals surface area contributed by atoms with Crippen LogP contribution in [0, 0.1) is 5.92 Å². The van der Waals surface area contributed by atoms with Gasteiger partial charge in [0.05, 0.1) is 6.54 Å². The molecule has 2 heterocycles. The Morgan fingerprint density at radius 2 is 2.24 bits per heavy atom. The van der Waals surface area contributed by atoms with E-state index in [1.807, 2.05) is 6.92 Å². The van der Waals surface area contributed by atoms with E-state index in [9.17, 15) is 8.42 Å². The highest BCUT2D eigenvalue weighted by atomic mass is 79.9. The Bertz CT molecular complexity index is 571. The van der Waals surface area contributed by atoms with Crippen molar-refractivity contribution in [3.63, 3.8) is 0 Å². The van der Waals surface area contributed by atoms with Gasteiger partial charge in [0.25, 0.3) is 0 Å². The molecule has 1 unspecified atom stereocenters. The van der Waals surface area contributed by atoms with Crippen molar-refractivity contribution in [1.29, 1.82) is 0 Å². The lowest BCUT2D eigenvalue weighted by molar-refractivity contribution is 0.439. The fourth-order valence-electron chi connectivity index (χ4n) is 2.71. The van der Waals surface area contributed by atoms with Crippen LogP contribution in [-0.2, 0) is 16.6 Å². The summed E-state index contributed by atoms with van der Waals surface area (Å²) in [7, 11) is -3.46. The summed E-state index contributed by atoms with van der Waals surface area (Å²) in [6.07, 6.45) is 3.14. The molecule has 1 aliphatic rings. The van der Waals surface area contributed by atoms with Crippen LogP contribution in [0.25, 0.3) is 0 Å². The van der Waals surface area contributed by atoms with Crippen LogP contribution in [-0.4, -0.2) is 32.4 Å². The van der Waals surface area contributed by atoms with Crippen molar-refractivity contribution < 1.29 is 12.8 Å². The molecule has 0 aromatic carbocycles. The molecule has 1 aromatic rings. The summed E-state index contributed by atoms with van der Waals surface area (Å²) >= 11 is 3.24. The molecule has 0 amide bonds. The van der Waals surface area contributed by atoms with Crippen molar-refractivity contribution in [3.8, 4) is 0 Å². The van der Waals surface area contributed by atoms with E-state index in [1.54, 1.807) is 10.4 Å². The summed E-state index contributed by atoms with van der Waals surface area (Å²) in [5, 5.41) is 3.13. The minimum atomic E-state index is -3.46. The van der Waals surface area contributed by atoms with Crippen molar-refractivity contribution in [2.75, 3.05) is 19.6 Å². The largest absolute Gasteiger partial charge is 0.452 e. The summed E-state index contributed by atoms with van der Waals surface area (Å²) in [6, 6.07) is 1.62. The molecule has 1 atom stereocenters. The molecule has 0 spiro atoms. The third kappa shape index (κ3) is 3.88. The van der Waals surface area contributed by atoms with E-state index in [1.165, 1.54) is 0 Å². The van der Waals surface area contributed by atoms with Gasteiger partial charge in [-0.05, 0) is 41.2 Å². The first-order valence-electron chi connectivity index (χ1n) is 7.48. The van der Waals surface area contributed by atoms with Gasteiger partial charge in [-0.2, -0.15) is 4.31 Å². The Morgan fingerprint density at radius 3 is 2.90 bits per heavy atom. The normalized spacial score (nSPS) is 20.2. The van der Waals surface area contributed by atoms with E-state index in [0.29, 0.717) is 36.0 Å². The van der Waals surface area contributed by atoms with Crippen molar-refractivity contribution in [1.82, 2.24) is 9.62 Å². The Labute approximate surface area is 135 Å². The Hall–Kier alpha value is -0.370. The molecule has 0 aliphatic carbocycles. The molecular formula is C14H23BrN2O3S. The lowest BCUT2D eigenvalue weighted by Crippen LogP contribution is -2.28. The van der Waals surface area contributed by atoms with Crippen LogP contribution in [0.15, 0.2) is 20.0 Å². The summed E-state index contributed by atoms with van der Waals surface area (Å²) in [5.41, 5.74) is 0. The zero-order valence-corrected chi connectivity index (χ0v) is 15.0. The average molecular weight is 379 g/mol. The topological polar surface area (TPSA) is 62.6 Å². The second-order valence-corrected chi connectivity index (χ2v) is 8.06. The number of hydrogen-bond donors (Lipinski definition) is 1. The lowest BCUT2D eigenvalue weighted by Gasteiger charge is -2.15.